The Morgan fingerprint density at radius 2 is 1.85 bits per heavy atom. The van der Waals surface area contributed by atoms with Crippen LogP contribution in [0, 0.1) is 13.8 Å². The number of hydrogen-bond acceptors (Lipinski definition) is 3. The van der Waals surface area contributed by atoms with E-state index in [9.17, 15) is 9.59 Å². The lowest BCUT2D eigenvalue weighted by molar-refractivity contribution is -0.130. The van der Waals surface area contributed by atoms with Gasteiger partial charge in [0.15, 0.2) is 0 Å². The molecule has 6 heteroatoms. The zero-order valence-electron chi connectivity index (χ0n) is 17.0. The van der Waals surface area contributed by atoms with Crippen molar-refractivity contribution in [2.24, 2.45) is 0 Å². The minimum atomic E-state index is -0.115. The molecular formula is C21H32N4O2. The van der Waals surface area contributed by atoms with E-state index in [1.54, 1.807) is 0 Å². The number of likely N-dealkylation sites (tertiary alicyclic amines) is 1. The quantitative estimate of drug-likeness (QED) is 0.868. The summed E-state index contributed by atoms with van der Waals surface area (Å²) in [7, 11) is 2.13. The SMILES string of the molecule is CCN1CCC2(CCC1=O)CN(C(=O)Nc1c(C)cccc1C)CCN2C. The van der Waals surface area contributed by atoms with E-state index in [4.69, 9.17) is 0 Å². The number of urea groups is 1. The number of anilines is 1. The number of carbonyl (C=O) groups is 2. The minimum absolute atomic E-state index is 0.0391. The van der Waals surface area contributed by atoms with Crippen molar-refractivity contribution < 1.29 is 9.59 Å². The van der Waals surface area contributed by atoms with Gasteiger partial charge in [0.1, 0.15) is 0 Å². The topological polar surface area (TPSA) is 55.9 Å². The van der Waals surface area contributed by atoms with E-state index in [1.165, 1.54) is 0 Å². The van der Waals surface area contributed by atoms with Gasteiger partial charge in [-0.25, -0.2) is 4.79 Å². The van der Waals surface area contributed by atoms with Gasteiger partial charge in [0.2, 0.25) is 5.91 Å². The average Bonchev–Trinajstić information content (AvgIpc) is 2.80. The molecule has 2 aliphatic rings. The first-order valence-electron chi connectivity index (χ1n) is 9.97. The Kier molecular flexibility index (Phi) is 5.75. The summed E-state index contributed by atoms with van der Waals surface area (Å²) < 4.78 is 0. The minimum Gasteiger partial charge on any atom is -0.343 e. The number of amides is 3. The second-order valence-corrected chi connectivity index (χ2v) is 7.99. The first kappa shape index (κ1) is 19.7. The number of carbonyl (C=O) groups excluding carboxylic acids is 2. The van der Waals surface area contributed by atoms with Gasteiger partial charge < -0.3 is 15.1 Å². The van der Waals surface area contributed by atoms with Gasteiger partial charge in [0.25, 0.3) is 0 Å². The van der Waals surface area contributed by atoms with Crippen LogP contribution in [0.5, 0.6) is 0 Å². The van der Waals surface area contributed by atoms with E-state index in [0.717, 1.165) is 49.3 Å². The molecule has 6 nitrogen and oxygen atoms in total. The van der Waals surface area contributed by atoms with Gasteiger partial charge >= 0.3 is 6.03 Å². The third kappa shape index (κ3) is 3.95. The number of benzene rings is 1. The zero-order valence-corrected chi connectivity index (χ0v) is 17.0. The molecule has 0 aromatic heterocycles. The fraction of sp³-hybridized carbons (Fsp3) is 0.619. The van der Waals surface area contributed by atoms with Gasteiger partial charge in [-0.1, -0.05) is 18.2 Å². The van der Waals surface area contributed by atoms with Crippen LogP contribution in [-0.2, 0) is 4.79 Å². The number of nitrogens with zero attached hydrogens (tertiary/aromatic N) is 3. The van der Waals surface area contributed by atoms with Crippen LogP contribution in [0.25, 0.3) is 0 Å². The fourth-order valence-corrected chi connectivity index (χ4v) is 4.40. The normalized spacial score (nSPS) is 24.2. The molecule has 2 heterocycles. The molecule has 0 aliphatic carbocycles. The second kappa shape index (κ2) is 7.89. The van der Waals surface area contributed by atoms with Gasteiger partial charge in [-0.3, -0.25) is 9.69 Å². The number of hydrogen-bond donors (Lipinski definition) is 1. The van der Waals surface area contributed by atoms with Crippen molar-refractivity contribution in [3.8, 4) is 0 Å². The molecule has 0 saturated carbocycles. The van der Waals surface area contributed by atoms with Gasteiger partial charge in [0, 0.05) is 50.4 Å². The Balaban J connectivity index is 1.75. The smallest absolute Gasteiger partial charge is 0.321 e. The van der Waals surface area contributed by atoms with E-state index < -0.39 is 0 Å². The standard InChI is InChI=1S/C21H32N4O2/c1-5-24-12-11-21(10-9-18(24)26)15-25(14-13-23(21)4)20(27)22-19-16(2)7-6-8-17(19)3/h6-8H,5,9-15H2,1-4H3,(H,22,27). The summed E-state index contributed by atoms with van der Waals surface area (Å²) in [5.74, 6) is 0.236. The van der Waals surface area contributed by atoms with Gasteiger partial charge in [-0.05, 0) is 51.8 Å². The summed E-state index contributed by atoms with van der Waals surface area (Å²) in [5.41, 5.74) is 2.94. The number of rotatable bonds is 2. The predicted molar refractivity (Wildman–Crippen MR) is 108 cm³/mol. The molecule has 1 unspecified atom stereocenters. The maximum atomic E-state index is 13.0. The predicted octanol–water partition coefficient (Wildman–Crippen LogP) is 2.85. The number of aryl methyl sites for hydroxylation is 2. The fourth-order valence-electron chi connectivity index (χ4n) is 4.40. The number of nitrogens with one attached hydrogen (secondary N) is 1. The van der Waals surface area contributed by atoms with Crippen LogP contribution >= 0.6 is 0 Å². The van der Waals surface area contributed by atoms with Crippen LogP contribution in [-0.4, -0.2) is 71.9 Å². The summed E-state index contributed by atoms with van der Waals surface area (Å²) in [5, 5.41) is 3.12. The molecule has 2 saturated heterocycles. The maximum absolute atomic E-state index is 13.0. The second-order valence-electron chi connectivity index (χ2n) is 7.99. The van der Waals surface area contributed by atoms with Gasteiger partial charge in [-0.15, -0.1) is 0 Å². The lowest BCUT2D eigenvalue weighted by Gasteiger charge is -2.49. The van der Waals surface area contributed by atoms with Gasteiger partial charge in [0.05, 0.1) is 0 Å². The van der Waals surface area contributed by atoms with Crippen LogP contribution in [0.4, 0.5) is 10.5 Å². The van der Waals surface area contributed by atoms with E-state index in [1.807, 2.05) is 48.8 Å². The third-order valence-corrected chi connectivity index (χ3v) is 6.39. The highest BCUT2D eigenvalue weighted by Crippen LogP contribution is 2.32. The van der Waals surface area contributed by atoms with Crippen LogP contribution in [0.2, 0.25) is 0 Å². The van der Waals surface area contributed by atoms with Crippen LogP contribution in [0.1, 0.15) is 37.3 Å². The highest BCUT2D eigenvalue weighted by molar-refractivity contribution is 5.91. The average molecular weight is 373 g/mol. The molecule has 27 heavy (non-hydrogen) atoms. The summed E-state index contributed by atoms with van der Waals surface area (Å²) in [6.45, 7) is 9.81. The molecule has 1 N–H and O–H groups in total. The van der Waals surface area contributed by atoms with Crippen molar-refractivity contribution >= 4 is 17.6 Å². The Morgan fingerprint density at radius 3 is 2.52 bits per heavy atom. The lowest BCUT2D eigenvalue weighted by atomic mass is 9.86. The third-order valence-electron chi connectivity index (χ3n) is 6.39. The van der Waals surface area contributed by atoms with Crippen molar-refractivity contribution in [1.29, 1.82) is 0 Å². The van der Waals surface area contributed by atoms with E-state index in [2.05, 4.69) is 17.3 Å². The molecule has 1 spiro atoms. The Hall–Kier alpha value is -2.08. The molecule has 2 fully saturated rings. The van der Waals surface area contributed by atoms with Crippen molar-refractivity contribution in [3.05, 3.63) is 29.3 Å². The lowest BCUT2D eigenvalue weighted by Crippen LogP contribution is -2.62. The van der Waals surface area contributed by atoms with Gasteiger partial charge in [-0.2, -0.15) is 0 Å². The summed E-state index contributed by atoms with van der Waals surface area (Å²) in [6.07, 6.45) is 2.28. The maximum Gasteiger partial charge on any atom is 0.321 e. The molecule has 3 amide bonds. The van der Waals surface area contributed by atoms with Crippen molar-refractivity contribution in [2.75, 3.05) is 45.1 Å². The van der Waals surface area contributed by atoms with Crippen molar-refractivity contribution in [1.82, 2.24) is 14.7 Å². The molecular weight excluding hydrogens is 340 g/mol. The van der Waals surface area contributed by atoms with E-state index >= 15 is 0 Å². The molecule has 1 aromatic carbocycles. The monoisotopic (exact) mass is 372 g/mol. The number of piperazine rings is 1. The molecule has 1 atom stereocenters. The van der Waals surface area contributed by atoms with Crippen molar-refractivity contribution in [3.63, 3.8) is 0 Å². The summed E-state index contributed by atoms with van der Waals surface area (Å²) in [6, 6.07) is 6.00. The molecule has 0 bridgehead atoms. The summed E-state index contributed by atoms with van der Waals surface area (Å²) in [4.78, 5) is 31.6. The highest BCUT2D eigenvalue weighted by Gasteiger charge is 2.43. The highest BCUT2D eigenvalue weighted by atomic mass is 16.2. The molecule has 148 valence electrons. The van der Waals surface area contributed by atoms with Crippen LogP contribution < -0.4 is 5.32 Å². The molecule has 1 aromatic rings. The molecule has 2 aliphatic heterocycles. The van der Waals surface area contributed by atoms with E-state index in [-0.39, 0.29) is 17.5 Å². The Morgan fingerprint density at radius 1 is 1.15 bits per heavy atom. The Labute approximate surface area is 162 Å². The first-order chi connectivity index (χ1) is 12.9. The van der Waals surface area contributed by atoms with Crippen molar-refractivity contribution in [2.45, 2.75) is 45.6 Å². The first-order valence-corrected chi connectivity index (χ1v) is 9.97. The van der Waals surface area contributed by atoms with Crippen LogP contribution in [0.3, 0.4) is 0 Å². The summed E-state index contributed by atoms with van der Waals surface area (Å²) >= 11 is 0. The number of para-hydroxylation sites is 1. The number of likely N-dealkylation sites (N-methyl/N-ethyl adjacent to an activating group) is 1. The molecule has 0 radical (unpaired) electrons. The molecule has 3 rings (SSSR count). The van der Waals surface area contributed by atoms with E-state index in [0.29, 0.717) is 19.5 Å². The zero-order chi connectivity index (χ0) is 19.6. The Bertz CT molecular complexity index is 700. The van der Waals surface area contributed by atoms with Crippen LogP contribution in [0.15, 0.2) is 18.2 Å². The largest absolute Gasteiger partial charge is 0.343 e.